The van der Waals surface area contributed by atoms with Crippen LogP contribution in [0.2, 0.25) is 0 Å². The quantitative estimate of drug-likeness (QED) is 0.149. The average molecular weight is 630 g/mol. The van der Waals surface area contributed by atoms with Crippen molar-refractivity contribution >= 4 is 12.0 Å². The first-order valence-electron chi connectivity index (χ1n) is 16.9. The molecule has 6 aromatic rings. The highest BCUT2D eigenvalue weighted by molar-refractivity contribution is 5.69. The van der Waals surface area contributed by atoms with Gasteiger partial charge in [0.25, 0.3) is 0 Å². The number of hydrogen-bond donors (Lipinski definition) is 0. The number of rotatable bonds is 9. The van der Waals surface area contributed by atoms with Gasteiger partial charge in [-0.3, -0.25) is 4.57 Å². The highest BCUT2D eigenvalue weighted by atomic mass is 15.6. The van der Waals surface area contributed by atoms with Gasteiger partial charge in [0.15, 0.2) is 0 Å². The van der Waals surface area contributed by atoms with E-state index in [-0.39, 0.29) is 0 Å². The van der Waals surface area contributed by atoms with Crippen molar-refractivity contribution in [3.05, 3.63) is 173 Å². The van der Waals surface area contributed by atoms with Crippen molar-refractivity contribution in [2.75, 3.05) is 18.7 Å². The smallest absolute Gasteiger partial charge is 0.144 e. The Bertz CT molecular complexity index is 1980. The maximum Gasteiger partial charge on any atom is 0.144 e. The summed E-state index contributed by atoms with van der Waals surface area (Å²) in [6.07, 6.45) is 5.93. The highest BCUT2D eigenvalue weighted by Gasteiger charge is 2.39. The number of imidazole rings is 1. The molecule has 48 heavy (non-hydrogen) atoms. The lowest BCUT2D eigenvalue weighted by Gasteiger charge is -2.37. The summed E-state index contributed by atoms with van der Waals surface area (Å²) in [6, 6.07) is 46.3. The predicted octanol–water partition coefficient (Wildman–Crippen LogP) is 9.82. The lowest BCUT2D eigenvalue weighted by Crippen LogP contribution is -2.31. The Hall–Kier alpha value is -5.42. The standard InChI is InChI=1S/C43H43N5/c1-31(2)39-23-14-24-40(32(3)4)41(39)47-26-25-44-42(47)33-15-12-20-36(27-33)43(34-16-8-6-9-17-34,35-18-10-7-11-19-35)37-21-13-22-38(28-37)48-30-46(5)29-45-48/h6-29,31-32H,30H2,1-5H3. The molecule has 0 spiro atoms. The summed E-state index contributed by atoms with van der Waals surface area (Å²) >= 11 is 0. The Morgan fingerprint density at radius 2 is 1.19 bits per heavy atom. The van der Waals surface area contributed by atoms with Gasteiger partial charge in [-0.2, -0.15) is 5.10 Å². The van der Waals surface area contributed by atoms with Crippen molar-refractivity contribution in [1.82, 2.24) is 14.5 Å². The van der Waals surface area contributed by atoms with Crippen LogP contribution in [0.3, 0.4) is 0 Å². The van der Waals surface area contributed by atoms with Crippen LogP contribution in [0, 0.1) is 0 Å². The number of anilines is 1. The van der Waals surface area contributed by atoms with Crippen molar-refractivity contribution in [3.63, 3.8) is 0 Å². The predicted molar refractivity (Wildman–Crippen MR) is 199 cm³/mol. The summed E-state index contributed by atoms with van der Waals surface area (Å²) < 4.78 is 2.30. The minimum absolute atomic E-state index is 0.371. The highest BCUT2D eigenvalue weighted by Crippen LogP contribution is 2.47. The summed E-state index contributed by atoms with van der Waals surface area (Å²) in [5.74, 6) is 1.68. The van der Waals surface area contributed by atoms with Crippen molar-refractivity contribution in [1.29, 1.82) is 0 Å². The number of hydrazone groups is 1. The van der Waals surface area contributed by atoms with Crippen LogP contribution < -0.4 is 5.01 Å². The molecular formula is C43H43N5. The number of hydrogen-bond acceptors (Lipinski definition) is 4. The molecule has 0 radical (unpaired) electrons. The Balaban J connectivity index is 1.48. The monoisotopic (exact) mass is 629 g/mol. The molecule has 1 aliphatic heterocycles. The molecule has 5 heteroatoms. The van der Waals surface area contributed by atoms with Crippen molar-refractivity contribution in [3.8, 4) is 17.1 Å². The largest absolute Gasteiger partial charge is 0.345 e. The lowest BCUT2D eigenvalue weighted by molar-refractivity contribution is 0.549. The molecule has 0 atom stereocenters. The third kappa shape index (κ3) is 5.49. The Kier molecular flexibility index (Phi) is 8.45. The third-order valence-electron chi connectivity index (χ3n) is 9.51. The molecule has 0 amide bonds. The topological polar surface area (TPSA) is 36.7 Å². The van der Waals surface area contributed by atoms with Gasteiger partial charge in [0.1, 0.15) is 18.8 Å². The third-order valence-corrected chi connectivity index (χ3v) is 9.51. The summed E-state index contributed by atoms with van der Waals surface area (Å²) in [7, 11) is 2.05. The van der Waals surface area contributed by atoms with E-state index in [1.54, 1.807) is 0 Å². The lowest BCUT2D eigenvalue weighted by atomic mass is 9.65. The molecule has 0 bridgehead atoms. The Morgan fingerprint density at radius 1 is 0.625 bits per heavy atom. The van der Waals surface area contributed by atoms with E-state index in [1.807, 2.05) is 19.6 Å². The zero-order valence-corrected chi connectivity index (χ0v) is 28.5. The van der Waals surface area contributed by atoms with Crippen LogP contribution in [0.1, 0.15) is 72.9 Å². The summed E-state index contributed by atoms with van der Waals surface area (Å²) in [6.45, 7) is 9.80. The molecule has 0 aliphatic carbocycles. The van der Waals surface area contributed by atoms with E-state index in [0.717, 1.165) is 17.1 Å². The van der Waals surface area contributed by atoms with Crippen LogP contribution in [0.5, 0.6) is 0 Å². The number of para-hydroxylation sites is 1. The molecule has 0 unspecified atom stereocenters. The molecule has 5 aromatic carbocycles. The summed E-state index contributed by atoms with van der Waals surface area (Å²) in [4.78, 5) is 7.10. The van der Waals surface area contributed by atoms with Crippen molar-refractivity contribution < 1.29 is 0 Å². The Labute approximate surface area is 284 Å². The molecule has 0 N–H and O–H groups in total. The van der Waals surface area contributed by atoms with Crippen LogP contribution in [-0.4, -0.2) is 34.5 Å². The van der Waals surface area contributed by atoms with Gasteiger partial charge in [-0.1, -0.05) is 137 Å². The molecule has 0 saturated carbocycles. The van der Waals surface area contributed by atoms with Gasteiger partial charge < -0.3 is 4.90 Å². The van der Waals surface area contributed by atoms with Gasteiger partial charge in [0, 0.05) is 25.0 Å². The van der Waals surface area contributed by atoms with E-state index >= 15 is 0 Å². The second-order valence-corrected chi connectivity index (χ2v) is 13.4. The zero-order valence-electron chi connectivity index (χ0n) is 28.5. The van der Waals surface area contributed by atoms with E-state index in [0.29, 0.717) is 18.5 Å². The van der Waals surface area contributed by atoms with E-state index < -0.39 is 5.41 Å². The molecule has 0 fully saturated rings. The summed E-state index contributed by atoms with van der Waals surface area (Å²) in [5.41, 5.74) is 10.2. The normalized spacial score (nSPS) is 13.2. The minimum Gasteiger partial charge on any atom is -0.345 e. The number of nitrogens with zero attached hydrogens (tertiary/aromatic N) is 5. The minimum atomic E-state index is -0.611. The Morgan fingerprint density at radius 3 is 1.77 bits per heavy atom. The fourth-order valence-electron chi connectivity index (χ4n) is 7.24. The molecule has 0 saturated heterocycles. The maximum absolute atomic E-state index is 5.01. The van der Waals surface area contributed by atoms with Crippen LogP contribution in [0.15, 0.2) is 145 Å². The first-order valence-corrected chi connectivity index (χ1v) is 16.9. The van der Waals surface area contributed by atoms with E-state index in [4.69, 9.17) is 4.98 Å². The second kappa shape index (κ2) is 13.0. The van der Waals surface area contributed by atoms with Crippen LogP contribution >= 0.6 is 0 Å². The van der Waals surface area contributed by atoms with Crippen molar-refractivity contribution in [2.45, 2.75) is 44.9 Å². The van der Waals surface area contributed by atoms with E-state index in [1.165, 1.54) is 39.1 Å². The van der Waals surface area contributed by atoms with Gasteiger partial charge in [-0.15, -0.1) is 0 Å². The first kappa shape index (κ1) is 31.2. The SMILES string of the molecule is CC(C)c1cccc(C(C)C)c1-n1ccnc1-c1cccc(C(c2ccccc2)(c2ccccc2)c2cccc(N3CN(C)C=N3)c2)c1. The van der Waals surface area contributed by atoms with Gasteiger partial charge in [-0.05, 0) is 63.4 Å². The molecule has 1 aliphatic rings. The fourth-order valence-corrected chi connectivity index (χ4v) is 7.24. The van der Waals surface area contributed by atoms with Gasteiger partial charge in [-0.25, -0.2) is 9.99 Å². The molecule has 1 aromatic heterocycles. The number of aromatic nitrogens is 2. The molecule has 2 heterocycles. The second-order valence-electron chi connectivity index (χ2n) is 13.4. The van der Waals surface area contributed by atoms with E-state index in [9.17, 15) is 0 Å². The fraction of sp³-hybridized carbons (Fsp3) is 0.209. The summed E-state index contributed by atoms with van der Waals surface area (Å²) in [5, 5.41) is 6.73. The van der Waals surface area contributed by atoms with Gasteiger partial charge >= 0.3 is 0 Å². The van der Waals surface area contributed by atoms with Crippen LogP contribution in [0.4, 0.5) is 5.69 Å². The van der Waals surface area contributed by atoms with Crippen LogP contribution in [0.25, 0.3) is 17.1 Å². The zero-order chi connectivity index (χ0) is 33.3. The van der Waals surface area contributed by atoms with Gasteiger partial charge in [0.05, 0.1) is 16.8 Å². The number of benzene rings is 5. The molecular weight excluding hydrogens is 587 g/mol. The first-order chi connectivity index (χ1) is 23.4. The molecule has 5 nitrogen and oxygen atoms in total. The molecule has 240 valence electrons. The van der Waals surface area contributed by atoms with E-state index in [2.05, 4.69) is 181 Å². The molecule has 7 rings (SSSR count). The average Bonchev–Trinajstić information content (AvgIpc) is 3.79. The van der Waals surface area contributed by atoms with Crippen molar-refractivity contribution in [2.24, 2.45) is 5.10 Å². The van der Waals surface area contributed by atoms with Gasteiger partial charge in [0.2, 0.25) is 0 Å². The van der Waals surface area contributed by atoms with Crippen LogP contribution in [-0.2, 0) is 5.41 Å². The maximum atomic E-state index is 5.01.